The third-order valence-corrected chi connectivity index (χ3v) is 9.86. The van der Waals surface area contributed by atoms with Gasteiger partial charge in [-0.3, -0.25) is 9.97 Å². The van der Waals surface area contributed by atoms with Crippen molar-refractivity contribution in [2.75, 3.05) is 0 Å². The summed E-state index contributed by atoms with van der Waals surface area (Å²) in [7, 11) is 0. The summed E-state index contributed by atoms with van der Waals surface area (Å²) in [5, 5.41) is 0. The smallest absolute Gasteiger partial charge is 0.0894 e. The van der Waals surface area contributed by atoms with Gasteiger partial charge >= 0.3 is 0 Å². The molecule has 3 heteroatoms. The van der Waals surface area contributed by atoms with Crippen molar-refractivity contribution in [3.05, 3.63) is 65.0 Å². The summed E-state index contributed by atoms with van der Waals surface area (Å²) in [5.41, 5.74) is 10.3. The second-order valence-corrected chi connectivity index (χ2v) is 11.9. The van der Waals surface area contributed by atoms with Crippen molar-refractivity contribution >= 4 is 0 Å². The van der Waals surface area contributed by atoms with E-state index in [-0.39, 0.29) is 0 Å². The SMILES string of the molecule is CC1(C)[C@@H]2Cc3nc(-c4cccc(-c5ccc6c(n5)C[C@@H]5C[C@H]6C5(C)C)n4)ccc3[C@H]1C2. The van der Waals surface area contributed by atoms with Crippen LogP contribution in [0, 0.1) is 22.7 Å². The first-order valence-corrected chi connectivity index (χ1v) is 12.3. The van der Waals surface area contributed by atoms with E-state index in [9.17, 15) is 0 Å². The molecular formula is C29H31N3. The molecule has 2 fully saturated rings. The molecule has 6 aliphatic carbocycles. The number of aromatic nitrogens is 3. The zero-order valence-electron chi connectivity index (χ0n) is 19.5. The Kier molecular flexibility index (Phi) is 3.60. The maximum atomic E-state index is 5.08. The quantitative estimate of drug-likeness (QED) is 0.469. The standard InChI is InChI=1S/C29H31N3/c1-28(2)16-12-20(28)18-8-10-24(31-26(18)14-16)22-6-5-7-23(30-22)25-11-9-19-21-13-17(29(21,3)4)15-27(19)32-25/h5-11,16-17,20-21H,12-15H2,1-4H3/t16-,17-,20+,21+/m0/s1. The van der Waals surface area contributed by atoms with E-state index in [1.54, 1.807) is 0 Å². The maximum absolute atomic E-state index is 5.08. The average Bonchev–Trinajstić information content (AvgIpc) is 2.82. The molecule has 4 atom stereocenters. The van der Waals surface area contributed by atoms with Crippen molar-refractivity contribution in [1.29, 1.82) is 0 Å². The zero-order valence-corrected chi connectivity index (χ0v) is 19.5. The minimum atomic E-state index is 0.433. The van der Waals surface area contributed by atoms with Crippen LogP contribution in [0.15, 0.2) is 42.5 Å². The number of pyridine rings is 3. The van der Waals surface area contributed by atoms with Crippen molar-refractivity contribution in [3.8, 4) is 22.8 Å². The predicted molar refractivity (Wildman–Crippen MR) is 127 cm³/mol. The van der Waals surface area contributed by atoms with E-state index in [4.69, 9.17) is 15.0 Å². The van der Waals surface area contributed by atoms with Gasteiger partial charge < -0.3 is 0 Å². The van der Waals surface area contributed by atoms with Crippen LogP contribution in [0.25, 0.3) is 22.8 Å². The van der Waals surface area contributed by atoms with Crippen molar-refractivity contribution in [2.45, 2.75) is 65.2 Å². The summed E-state index contributed by atoms with van der Waals surface area (Å²) in [5.74, 6) is 2.90. The Morgan fingerprint density at radius 1 is 0.594 bits per heavy atom. The molecular weight excluding hydrogens is 390 g/mol. The Morgan fingerprint density at radius 3 is 1.47 bits per heavy atom. The van der Waals surface area contributed by atoms with E-state index in [0.717, 1.165) is 47.5 Å². The van der Waals surface area contributed by atoms with Crippen LogP contribution in [0.1, 0.15) is 74.9 Å². The molecule has 3 nitrogen and oxygen atoms in total. The number of rotatable bonds is 2. The summed E-state index contributed by atoms with van der Waals surface area (Å²) in [4.78, 5) is 15.2. The van der Waals surface area contributed by atoms with E-state index < -0.39 is 0 Å². The lowest BCUT2D eigenvalue weighted by Gasteiger charge is -2.56. The number of hydrogen-bond donors (Lipinski definition) is 0. The fourth-order valence-corrected chi connectivity index (χ4v) is 7.24. The predicted octanol–water partition coefficient (Wildman–Crippen LogP) is 6.58. The Morgan fingerprint density at radius 2 is 1.03 bits per heavy atom. The molecule has 3 aromatic heterocycles. The fraction of sp³-hybridized carbons (Fsp3) is 0.483. The summed E-state index contributed by atoms with van der Waals surface area (Å²) < 4.78 is 0. The van der Waals surface area contributed by atoms with Gasteiger partial charge in [0.25, 0.3) is 0 Å². The Labute approximate surface area is 190 Å². The molecule has 32 heavy (non-hydrogen) atoms. The van der Waals surface area contributed by atoms with Gasteiger partial charge in [-0.25, -0.2) is 4.98 Å². The molecule has 0 amide bonds. The van der Waals surface area contributed by atoms with Crippen LogP contribution in [0.4, 0.5) is 0 Å². The second-order valence-electron chi connectivity index (χ2n) is 11.9. The molecule has 0 N–H and O–H groups in total. The van der Waals surface area contributed by atoms with Crippen LogP contribution in [0.3, 0.4) is 0 Å². The summed E-state index contributed by atoms with van der Waals surface area (Å²) >= 11 is 0. The molecule has 0 unspecified atom stereocenters. The van der Waals surface area contributed by atoms with Crippen LogP contribution in [0.5, 0.6) is 0 Å². The first-order chi connectivity index (χ1) is 15.3. The molecule has 6 aliphatic rings. The van der Waals surface area contributed by atoms with E-state index in [0.29, 0.717) is 22.7 Å². The molecule has 3 heterocycles. The zero-order chi connectivity index (χ0) is 21.8. The second kappa shape index (κ2) is 6.07. The first kappa shape index (κ1) is 19.0. The van der Waals surface area contributed by atoms with Crippen molar-refractivity contribution in [1.82, 2.24) is 15.0 Å². The van der Waals surface area contributed by atoms with Gasteiger partial charge in [0.15, 0.2) is 0 Å². The van der Waals surface area contributed by atoms with E-state index in [1.165, 1.54) is 35.4 Å². The minimum Gasteiger partial charge on any atom is -0.251 e. The third-order valence-electron chi connectivity index (χ3n) is 9.86. The molecule has 0 aromatic carbocycles. The van der Waals surface area contributed by atoms with Gasteiger partial charge in [-0.2, -0.15) is 0 Å². The topological polar surface area (TPSA) is 38.7 Å². The molecule has 0 aliphatic heterocycles. The fourth-order valence-electron chi connectivity index (χ4n) is 7.24. The molecule has 2 saturated carbocycles. The largest absolute Gasteiger partial charge is 0.251 e. The summed E-state index contributed by atoms with van der Waals surface area (Å²) in [6.07, 6.45) is 4.88. The summed E-state index contributed by atoms with van der Waals surface area (Å²) in [6, 6.07) is 15.3. The highest BCUT2D eigenvalue weighted by molar-refractivity contribution is 5.63. The van der Waals surface area contributed by atoms with Gasteiger partial charge in [0.1, 0.15) is 0 Å². The third kappa shape index (κ3) is 2.40. The van der Waals surface area contributed by atoms with Crippen molar-refractivity contribution in [2.24, 2.45) is 22.7 Å². The lowest BCUT2D eigenvalue weighted by atomic mass is 9.48. The Balaban J connectivity index is 1.22. The van der Waals surface area contributed by atoms with Gasteiger partial charge in [0.2, 0.25) is 0 Å². The first-order valence-electron chi connectivity index (χ1n) is 12.3. The monoisotopic (exact) mass is 421 g/mol. The molecule has 0 radical (unpaired) electrons. The van der Waals surface area contributed by atoms with Gasteiger partial charge in [0.05, 0.1) is 22.8 Å². The lowest BCUT2D eigenvalue weighted by molar-refractivity contribution is 0.0170. The van der Waals surface area contributed by atoms with E-state index in [2.05, 4.69) is 70.2 Å². The van der Waals surface area contributed by atoms with Crippen LogP contribution < -0.4 is 0 Å². The van der Waals surface area contributed by atoms with Gasteiger partial charge in [0, 0.05) is 11.4 Å². The highest BCUT2D eigenvalue weighted by Crippen LogP contribution is 2.62. The molecule has 9 rings (SSSR count). The minimum absolute atomic E-state index is 0.433. The van der Waals surface area contributed by atoms with Gasteiger partial charge in [-0.05, 0) is 95.6 Å². The lowest BCUT2D eigenvalue weighted by Crippen LogP contribution is -2.48. The number of hydrogen-bond acceptors (Lipinski definition) is 3. The van der Waals surface area contributed by atoms with Crippen LogP contribution in [-0.2, 0) is 12.8 Å². The highest BCUT2D eigenvalue weighted by Gasteiger charge is 2.53. The summed E-state index contributed by atoms with van der Waals surface area (Å²) in [6.45, 7) is 9.68. The van der Waals surface area contributed by atoms with E-state index in [1.807, 2.05) is 0 Å². The molecule has 0 spiro atoms. The normalized spacial score (nSPS) is 29.9. The van der Waals surface area contributed by atoms with Crippen LogP contribution in [0.2, 0.25) is 0 Å². The number of nitrogens with zero attached hydrogens (tertiary/aromatic N) is 3. The maximum Gasteiger partial charge on any atom is 0.0894 e. The van der Waals surface area contributed by atoms with Crippen molar-refractivity contribution in [3.63, 3.8) is 0 Å². The van der Waals surface area contributed by atoms with Gasteiger partial charge in [-0.1, -0.05) is 45.9 Å². The Bertz CT molecular complexity index is 1180. The molecule has 3 aromatic rings. The van der Waals surface area contributed by atoms with E-state index >= 15 is 0 Å². The molecule has 0 saturated heterocycles. The Hall–Kier alpha value is -2.55. The van der Waals surface area contributed by atoms with Crippen LogP contribution in [-0.4, -0.2) is 15.0 Å². The van der Waals surface area contributed by atoms with Gasteiger partial charge in [-0.15, -0.1) is 0 Å². The molecule has 4 bridgehead atoms. The average molecular weight is 422 g/mol. The van der Waals surface area contributed by atoms with Crippen LogP contribution >= 0.6 is 0 Å². The van der Waals surface area contributed by atoms with Crippen molar-refractivity contribution < 1.29 is 0 Å². The molecule has 162 valence electrons. The highest BCUT2D eigenvalue weighted by atomic mass is 14.8.